The predicted octanol–water partition coefficient (Wildman–Crippen LogP) is 3.90. The minimum absolute atomic E-state index is 0.128. The van der Waals surface area contributed by atoms with Crippen LogP contribution in [-0.2, 0) is 14.9 Å². The molecule has 0 radical (unpaired) electrons. The van der Waals surface area contributed by atoms with Gasteiger partial charge in [0.05, 0.1) is 24.2 Å². The van der Waals surface area contributed by atoms with E-state index in [4.69, 9.17) is 4.74 Å². The second-order valence-corrected chi connectivity index (χ2v) is 7.66. The maximum Gasteiger partial charge on any atom is 0.233 e. The molecule has 3 rings (SSSR count). The Hall–Kier alpha value is -0.870. The van der Waals surface area contributed by atoms with Gasteiger partial charge in [0, 0.05) is 11.0 Å². The number of benzene rings is 1. The fourth-order valence-corrected chi connectivity index (χ4v) is 4.10. The molecule has 1 aliphatic carbocycles. The van der Waals surface area contributed by atoms with Gasteiger partial charge in [-0.2, -0.15) is 0 Å². The molecule has 1 saturated carbocycles. The van der Waals surface area contributed by atoms with Crippen LogP contribution in [0.25, 0.3) is 0 Å². The summed E-state index contributed by atoms with van der Waals surface area (Å²) in [5, 5.41) is 0. The van der Waals surface area contributed by atoms with Crippen molar-refractivity contribution in [2.24, 2.45) is 0 Å². The minimum atomic E-state index is -0.327. The summed E-state index contributed by atoms with van der Waals surface area (Å²) in [6.07, 6.45) is 4.33. The molecule has 3 nitrogen and oxygen atoms in total. The zero-order valence-electron chi connectivity index (χ0n) is 13.3. The van der Waals surface area contributed by atoms with Crippen molar-refractivity contribution in [3.05, 3.63) is 34.3 Å². The van der Waals surface area contributed by atoms with E-state index < -0.39 is 0 Å². The molecule has 4 heteroatoms. The summed E-state index contributed by atoms with van der Waals surface area (Å²) in [7, 11) is 0. The monoisotopic (exact) mass is 365 g/mol. The lowest BCUT2D eigenvalue weighted by Gasteiger charge is -2.42. The van der Waals surface area contributed by atoms with Crippen LogP contribution in [0.2, 0.25) is 0 Å². The summed E-state index contributed by atoms with van der Waals surface area (Å²) in [5.74, 6) is 0.301. The van der Waals surface area contributed by atoms with E-state index in [1.165, 1.54) is 5.56 Å². The fourth-order valence-electron chi connectivity index (χ4n) is 3.83. The van der Waals surface area contributed by atoms with E-state index in [9.17, 15) is 4.79 Å². The molecule has 2 fully saturated rings. The molecule has 0 spiro atoms. The van der Waals surface area contributed by atoms with Gasteiger partial charge < -0.3 is 9.64 Å². The van der Waals surface area contributed by atoms with Gasteiger partial charge in [-0.3, -0.25) is 4.79 Å². The summed E-state index contributed by atoms with van der Waals surface area (Å²) >= 11 is 3.49. The standard InChI is InChI=1S/C18H24BrNO2/c1-13-12-22-14(2)11-20(13)17(21)18(9-3-4-10-18)15-5-7-16(19)8-6-15/h5-8,13-14H,3-4,9-12H2,1-2H3. The van der Waals surface area contributed by atoms with Crippen molar-refractivity contribution < 1.29 is 9.53 Å². The van der Waals surface area contributed by atoms with Crippen LogP contribution in [0.4, 0.5) is 0 Å². The maximum absolute atomic E-state index is 13.4. The molecule has 0 N–H and O–H groups in total. The molecule has 1 aromatic carbocycles. The lowest BCUT2D eigenvalue weighted by Crippen LogP contribution is -2.55. The average molecular weight is 366 g/mol. The summed E-state index contributed by atoms with van der Waals surface area (Å²) in [6.45, 7) is 5.49. The molecule has 1 saturated heterocycles. The first-order valence-electron chi connectivity index (χ1n) is 8.22. The number of halogens is 1. The lowest BCUT2D eigenvalue weighted by molar-refractivity contribution is -0.149. The first-order valence-corrected chi connectivity index (χ1v) is 9.01. The normalized spacial score (nSPS) is 27.9. The van der Waals surface area contributed by atoms with E-state index >= 15 is 0 Å². The Kier molecular flexibility index (Phi) is 4.60. The van der Waals surface area contributed by atoms with Crippen LogP contribution in [0.3, 0.4) is 0 Å². The first kappa shape index (κ1) is 16.0. The van der Waals surface area contributed by atoms with E-state index in [2.05, 4.69) is 39.9 Å². The van der Waals surface area contributed by atoms with Crippen LogP contribution < -0.4 is 0 Å². The second kappa shape index (κ2) is 6.32. The quantitative estimate of drug-likeness (QED) is 0.795. The summed E-state index contributed by atoms with van der Waals surface area (Å²) < 4.78 is 6.75. The molecule has 1 aliphatic heterocycles. The summed E-state index contributed by atoms with van der Waals surface area (Å²) in [6, 6.07) is 8.49. The molecule has 0 aromatic heterocycles. The third kappa shape index (κ3) is 2.83. The van der Waals surface area contributed by atoms with Gasteiger partial charge in [-0.05, 0) is 44.4 Å². The Labute approximate surface area is 141 Å². The van der Waals surface area contributed by atoms with Crippen LogP contribution in [-0.4, -0.2) is 36.1 Å². The van der Waals surface area contributed by atoms with Crippen molar-refractivity contribution in [2.75, 3.05) is 13.2 Å². The molecule has 1 heterocycles. The van der Waals surface area contributed by atoms with E-state index in [0.717, 1.165) is 30.2 Å². The average Bonchev–Trinajstić information content (AvgIpc) is 3.00. The Morgan fingerprint density at radius 2 is 1.86 bits per heavy atom. The highest BCUT2D eigenvalue weighted by Crippen LogP contribution is 2.43. The molecule has 2 aliphatic rings. The Morgan fingerprint density at radius 3 is 2.50 bits per heavy atom. The first-order chi connectivity index (χ1) is 10.5. The molecule has 1 aromatic rings. The Balaban J connectivity index is 1.93. The van der Waals surface area contributed by atoms with Crippen LogP contribution in [0.1, 0.15) is 45.1 Å². The van der Waals surface area contributed by atoms with Gasteiger partial charge >= 0.3 is 0 Å². The number of rotatable bonds is 2. The van der Waals surface area contributed by atoms with Crippen molar-refractivity contribution in [3.8, 4) is 0 Å². The number of morpholine rings is 1. The molecule has 120 valence electrons. The van der Waals surface area contributed by atoms with Crippen LogP contribution in [0.5, 0.6) is 0 Å². The van der Waals surface area contributed by atoms with Crippen LogP contribution in [0, 0.1) is 0 Å². The molecule has 2 atom stereocenters. The largest absolute Gasteiger partial charge is 0.375 e. The number of nitrogens with zero attached hydrogens (tertiary/aromatic N) is 1. The third-order valence-electron chi connectivity index (χ3n) is 5.13. The van der Waals surface area contributed by atoms with Crippen molar-refractivity contribution in [3.63, 3.8) is 0 Å². The maximum atomic E-state index is 13.4. The summed E-state index contributed by atoms with van der Waals surface area (Å²) in [4.78, 5) is 15.5. The van der Waals surface area contributed by atoms with Gasteiger partial charge in [-0.1, -0.05) is 40.9 Å². The highest BCUT2D eigenvalue weighted by molar-refractivity contribution is 9.10. The zero-order chi connectivity index (χ0) is 15.7. The van der Waals surface area contributed by atoms with Crippen LogP contribution >= 0.6 is 15.9 Å². The van der Waals surface area contributed by atoms with E-state index in [0.29, 0.717) is 19.1 Å². The summed E-state index contributed by atoms with van der Waals surface area (Å²) in [5.41, 5.74) is 0.844. The second-order valence-electron chi connectivity index (χ2n) is 6.75. The Bertz CT molecular complexity index is 537. The zero-order valence-corrected chi connectivity index (χ0v) is 14.9. The van der Waals surface area contributed by atoms with Crippen molar-refractivity contribution in [2.45, 2.75) is 57.1 Å². The van der Waals surface area contributed by atoms with Gasteiger partial charge in [0.25, 0.3) is 0 Å². The Morgan fingerprint density at radius 1 is 1.23 bits per heavy atom. The van der Waals surface area contributed by atoms with Gasteiger partial charge in [0.1, 0.15) is 0 Å². The van der Waals surface area contributed by atoms with Gasteiger partial charge in [0.15, 0.2) is 0 Å². The third-order valence-corrected chi connectivity index (χ3v) is 5.66. The number of carbonyl (C=O) groups is 1. The molecule has 22 heavy (non-hydrogen) atoms. The smallest absolute Gasteiger partial charge is 0.233 e. The van der Waals surface area contributed by atoms with E-state index in [-0.39, 0.29) is 17.6 Å². The highest BCUT2D eigenvalue weighted by atomic mass is 79.9. The topological polar surface area (TPSA) is 29.5 Å². The molecule has 2 unspecified atom stereocenters. The van der Waals surface area contributed by atoms with Crippen LogP contribution in [0.15, 0.2) is 28.7 Å². The fraction of sp³-hybridized carbons (Fsp3) is 0.611. The van der Waals surface area contributed by atoms with Crippen molar-refractivity contribution in [1.29, 1.82) is 0 Å². The molecule has 0 bridgehead atoms. The van der Waals surface area contributed by atoms with Gasteiger partial charge in [-0.25, -0.2) is 0 Å². The number of carbonyl (C=O) groups excluding carboxylic acids is 1. The number of hydrogen-bond acceptors (Lipinski definition) is 2. The van der Waals surface area contributed by atoms with Gasteiger partial charge in [0.2, 0.25) is 5.91 Å². The molecular weight excluding hydrogens is 342 g/mol. The molecule has 1 amide bonds. The van der Waals surface area contributed by atoms with Crippen molar-refractivity contribution in [1.82, 2.24) is 4.90 Å². The van der Waals surface area contributed by atoms with E-state index in [1.807, 2.05) is 19.1 Å². The number of hydrogen-bond donors (Lipinski definition) is 0. The van der Waals surface area contributed by atoms with Gasteiger partial charge in [-0.15, -0.1) is 0 Å². The molecular formula is C18H24BrNO2. The number of amides is 1. The lowest BCUT2D eigenvalue weighted by atomic mass is 9.77. The van der Waals surface area contributed by atoms with Crippen molar-refractivity contribution >= 4 is 21.8 Å². The predicted molar refractivity (Wildman–Crippen MR) is 90.9 cm³/mol. The highest BCUT2D eigenvalue weighted by Gasteiger charge is 2.46. The number of ether oxygens (including phenoxy) is 1. The SMILES string of the molecule is CC1CN(C(=O)C2(c3ccc(Br)cc3)CCCC2)C(C)CO1. The van der Waals surface area contributed by atoms with E-state index in [1.54, 1.807) is 0 Å². The minimum Gasteiger partial charge on any atom is -0.375 e.